The number of aromatic amines is 1. The van der Waals surface area contributed by atoms with Crippen LogP contribution in [-0.2, 0) is 14.3 Å². The van der Waals surface area contributed by atoms with E-state index in [1.165, 1.54) is 7.11 Å². The van der Waals surface area contributed by atoms with Gasteiger partial charge in [-0.25, -0.2) is 4.79 Å². The average Bonchev–Trinajstić information content (AvgIpc) is 2.60. The number of nitriles is 1. The molecule has 1 aliphatic heterocycles. The summed E-state index contributed by atoms with van der Waals surface area (Å²) in [4.78, 5) is 27.8. The molecule has 0 radical (unpaired) electrons. The van der Waals surface area contributed by atoms with E-state index in [4.69, 9.17) is 15.2 Å². The van der Waals surface area contributed by atoms with Crippen LogP contribution in [0.25, 0.3) is 10.9 Å². The van der Waals surface area contributed by atoms with E-state index in [0.29, 0.717) is 5.52 Å². The van der Waals surface area contributed by atoms with Gasteiger partial charge in [0.25, 0.3) is 5.56 Å². The van der Waals surface area contributed by atoms with Crippen molar-refractivity contribution in [2.24, 2.45) is 5.73 Å². The predicted octanol–water partition coefficient (Wildman–Crippen LogP) is 2.09. The summed E-state index contributed by atoms with van der Waals surface area (Å²) >= 11 is 0. The number of nitrogens with zero attached hydrogens (tertiary/aromatic N) is 1. The first-order valence-corrected chi connectivity index (χ1v) is 7.87. The van der Waals surface area contributed by atoms with Crippen LogP contribution >= 0.6 is 0 Å². The average molecular weight is 351 g/mol. The van der Waals surface area contributed by atoms with Gasteiger partial charge in [0.15, 0.2) is 0 Å². The highest BCUT2D eigenvalue weighted by Gasteiger charge is 2.37. The van der Waals surface area contributed by atoms with Crippen LogP contribution in [0.15, 0.2) is 51.8 Å². The molecule has 0 saturated carbocycles. The van der Waals surface area contributed by atoms with Crippen molar-refractivity contribution in [2.75, 3.05) is 7.11 Å². The molecule has 1 aliphatic rings. The summed E-state index contributed by atoms with van der Waals surface area (Å²) in [7, 11) is 1.22. The van der Waals surface area contributed by atoms with E-state index < -0.39 is 17.4 Å². The minimum atomic E-state index is -0.963. The molecular formula is C19H17N3O4. The smallest absolute Gasteiger partial charge is 0.338 e. The van der Waals surface area contributed by atoms with Crippen LogP contribution in [0.5, 0.6) is 0 Å². The van der Waals surface area contributed by atoms with Crippen molar-refractivity contribution in [3.63, 3.8) is 0 Å². The van der Waals surface area contributed by atoms with Gasteiger partial charge in [-0.05, 0) is 37.4 Å². The van der Waals surface area contributed by atoms with Crippen LogP contribution in [0.4, 0.5) is 0 Å². The third-order valence-corrected chi connectivity index (χ3v) is 4.35. The molecular weight excluding hydrogens is 334 g/mol. The van der Waals surface area contributed by atoms with Gasteiger partial charge in [0, 0.05) is 11.1 Å². The molecule has 0 unspecified atom stereocenters. The van der Waals surface area contributed by atoms with Crippen LogP contribution in [0.2, 0.25) is 0 Å². The van der Waals surface area contributed by atoms with E-state index >= 15 is 0 Å². The molecule has 3 N–H and O–H groups in total. The summed E-state index contributed by atoms with van der Waals surface area (Å²) < 4.78 is 10.1. The molecule has 3 rings (SSSR count). The summed E-state index contributed by atoms with van der Waals surface area (Å²) in [5, 5.41) is 10.3. The zero-order chi connectivity index (χ0) is 19.0. The lowest BCUT2D eigenvalue weighted by molar-refractivity contribution is -0.136. The topological polar surface area (TPSA) is 118 Å². The Labute approximate surface area is 149 Å². The van der Waals surface area contributed by atoms with Gasteiger partial charge in [-0.15, -0.1) is 0 Å². The Morgan fingerprint density at radius 1 is 1.35 bits per heavy atom. The predicted molar refractivity (Wildman–Crippen MR) is 94.7 cm³/mol. The fraction of sp³-hybridized carbons (Fsp3) is 0.211. The first kappa shape index (κ1) is 17.3. The maximum absolute atomic E-state index is 12.7. The minimum absolute atomic E-state index is 0.00602. The number of rotatable bonds is 2. The largest absolute Gasteiger partial charge is 0.466 e. The molecule has 1 atom stereocenters. The Kier molecular flexibility index (Phi) is 4.26. The highest BCUT2D eigenvalue weighted by molar-refractivity contribution is 5.93. The summed E-state index contributed by atoms with van der Waals surface area (Å²) in [6.07, 6.45) is 0. The monoisotopic (exact) mass is 351 g/mol. The molecule has 132 valence electrons. The number of ether oxygens (including phenoxy) is 2. The van der Waals surface area contributed by atoms with Crippen molar-refractivity contribution in [3.05, 3.63) is 68.5 Å². The summed E-state index contributed by atoms with van der Waals surface area (Å²) in [5.74, 6) is -1.58. The Balaban J connectivity index is 2.33. The lowest BCUT2D eigenvalue weighted by Gasteiger charge is -2.26. The maximum atomic E-state index is 12.7. The zero-order valence-corrected chi connectivity index (χ0v) is 14.5. The number of nitrogens with one attached hydrogen (secondary N) is 1. The number of aryl methyl sites for hydroxylation is 1. The standard InChI is InChI=1S/C19H17N3O4/c1-9-4-5-14-11(6-9)7-12(18(23)22-14)16-13(8-20)17(21)26-10(2)15(16)19(24)25-3/h4-7,16H,21H2,1-3H3,(H,22,23)/t16-/m0/s1. The normalized spacial score (nSPS) is 17.1. The number of hydrogen-bond acceptors (Lipinski definition) is 6. The van der Waals surface area contributed by atoms with E-state index in [9.17, 15) is 14.9 Å². The Hall–Kier alpha value is -3.53. The third kappa shape index (κ3) is 2.71. The quantitative estimate of drug-likeness (QED) is 0.800. The molecule has 0 aliphatic carbocycles. The van der Waals surface area contributed by atoms with Crippen LogP contribution in [0.3, 0.4) is 0 Å². The highest BCUT2D eigenvalue weighted by atomic mass is 16.5. The molecule has 7 nitrogen and oxygen atoms in total. The van der Waals surface area contributed by atoms with Gasteiger partial charge in [-0.1, -0.05) is 11.6 Å². The molecule has 0 saturated heterocycles. The van der Waals surface area contributed by atoms with Gasteiger partial charge < -0.3 is 20.2 Å². The second-order valence-electron chi connectivity index (χ2n) is 6.03. The first-order chi connectivity index (χ1) is 12.4. The Morgan fingerprint density at radius 2 is 2.08 bits per heavy atom. The lowest BCUT2D eigenvalue weighted by Crippen LogP contribution is -2.28. The zero-order valence-electron chi connectivity index (χ0n) is 14.5. The maximum Gasteiger partial charge on any atom is 0.338 e. The van der Waals surface area contributed by atoms with Crippen molar-refractivity contribution in [3.8, 4) is 6.07 Å². The van der Waals surface area contributed by atoms with Crippen molar-refractivity contribution in [1.29, 1.82) is 5.26 Å². The number of carbonyl (C=O) groups is 1. The van der Waals surface area contributed by atoms with Crippen LogP contribution < -0.4 is 11.3 Å². The number of carbonyl (C=O) groups excluding carboxylic acids is 1. The van der Waals surface area contributed by atoms with Crippen molar-refractivity contribution in [1.82, 2.24) is 4.98 Å². The van der Waals surface area contributed by atoms with E-state index in [1.54, 1.807) is 19.1 Å². The number of aromatic nitrogens is 1. The number of pyridine rings is 1. The number of benzene rings is 1. The summed E-state index contributed by atoms with van der Waals surface area (Å²) in [6, 6.07) is 9.21. The third-order valence-electron chi connectivity index (χ3n) is 4.35. The molecule has 0 fully saturated rings. The van der Waals surface area contributed by atoms with E-state index in [1.807, 2.05) is 25.1 Å². The number of allylic oxidation sites excluding steroid dienone is 2. The second-order valence-corrected chi connectivity index (χ2v) is 6.03. The first-order valence-electron chi connectivity index (χ1n) is 7.87. The van der Waals surface area contributed by atoms with Gasteiger partial charge in [0.1, 0.15) is 17.4 Å². The van der Waals surface area contributed by atoms with Gasteiger partial charge >= 0.3 is 5.97 Å². The Bertz CT molecular complexity index is 1090. The van der Waals surface area contributed by atoms with Crippen molar-refractivity contribution < 1.29 is 14.3 Å². The SMILES string of the molecule is COC(=O)C1=C(C)OC(N)=C(C#N)[C@@H]1c1cc2cc(C)ccc2[nH]c1=O. The van der Waals surface area contributed by atoms with E-state index in [0.717, 1.165) is 10.9 Å². The highest BCUT2D eigenvalue weighted by Crippen LogP contribution is 2.38. The molecule has 2 aromatic rings. The van der Waals surface area contributed by atoms with Crippen LogP contribution in [-0.4, -0.2) is 18.1 Å². The van der Waals surface area contributed by atoms with Crippen molar-refractivity contribution >= 4 is 16.9 Å². The fourth-order valence-electron chi connectivity index (χ4n) is 3.12. The van der Waals surface area contributed by atoms with Gasteiger partial charge in [-0.3, -0.25) is 4.79 Å². The number of methoxy groups -OCH3 is 1. The number of esters is 1. The molecule has 26 heavy (non-hydrogen) atoms. The summed E-state index contributed by atoms with van der Waals surface area (Å²) in [5.41, 5.74) is 7.39. The van der Waals surface area contributed by atoms with Gasteiger partial charge in [0.2, 0.25) is 5.88 Å². The molecule has 2 heterocycles. The van der Waals surface area contributed by atoms with Crippen molar-refractivity contribution in [2.45, 2.75) is 19.8 Å². The second kappa shape index (κ2) is 6.41. The minimum Gasteiger partial charge on any atom is -0.466 e. The van der Waals surface area contributed by atoms with E-state index in [2.05, 4.69) is 4.98 Å². The molecule has 1 aromatic carbocycles. The van der Waals surface area contributed by atoms with Gasteiger partial charge in [0.05, 0.1) is 18.6 Å². The molecule has 0 amide bonds. The molecule has 7 heteroatoms. The number of H-pyrrole nitrogens is 1. The number of fused-ring (bicyclic) bond motifs is 1. The molecule has 0 bridgehead atoms. The number of hydrogen-bond donors (Lipinski definition) is 2. The summed E-state index contributed by atoms with van der Waals surface area (Å²) in [6.45, 7) is 3.47. The van der Waals surface area contributed by atoms with E-state index in [-0.39, 0.29) is 28.4 Å². The van der Waals surface area contributed by atoms with Crippen LogP contribution in [0, 0.1) is 18.3 Å². The molecule has 1 aromatic heterocycles. The van der Waals surface area contributed by atoms with Crippen LogP contribution in [0.1, 0.15) is 24.0 Å². The Morgan fingerprint density at radius 3 is 2.73 bits per heavy atom. The lowest BCUT2D eigenvalue weighted by atomic mass is 9.83. The fourth-order valence-corrected chi connectivity index (χ4v) is 3.12. The van der Waals surface area contributed by atoms with Gasteiger partial charge in [-0.2, -0.15) is 5.26 Å². The molecule has 0 spiro atoms. The number of nitrogens with two attached hydrogens (primary N) is 1.